The van der Waals surface area contributed by atoms with Crippen molar-refractivity contribution in [2.45, 2.75) is 38.4 Å². The Morgan fingerprint density at radius 3 is 2.90 bits per heavy atom. The van der Waals surface area contributed by atoms with Gasteiger partial charge < -0.3 is 10.6 Å². The van der Waals surface area contributed by atoms with E-state index in [1.807, 2.05) is 6.92 Å². The van der Waals surface area contributed by atoms with Crippen LogP contribution in [0.3, 0.4) is 0 Å². The van der Waals surface area contributed by atoms with Gasteiger partial charge in [-0.15, -0.1) is 12.4 Å². The molecule has 1 aromatic heterocycles. The third-order valence-electron chi connectivity index (χ3n) is 3.39. The number of rotatable bonds is 3. The van der Waals surface area contributed by atoms with Crippen molar-refractivity contribution in [3.63, 3.8) is 0 Å². The first-order valence-electron chi connectivity index (χ1n) is 6.49. The Kier molecular flexibility index (Phi) is 6.63. The number of hydrogen-bond donors (Lipinski definition) is 3. The van der Waals surface area contributed by atoms with E-state index < -0.39 is 11.2 Å². The first-order valence-corrected chi connectivity index (χ1v) is 7.28. The maximum absolute atomic E-state index is 12.0. The standard InChI is InChI=1S/C12H17BrN4O3.ClH/c1-7-9(3-2-4-14-7)15-10(18)6-17-5-8(13)11(19)16-12(17)20;/h5,7,9,14H,2-4,6H2,1H3,(H,15,18)(H,16,19,20);1H. The molecule has 1 fully saturated rings. The molecule has 1 amide bonds. The summed E-state index contributed by atoms with van der Waals surface area (Å²) in [5.74, 6) is -0.244. The Labute approximate surface area is 136 Å². The zero-order valence-electron chi connectivity index (χ0n) is 11.5. The van der Waals surface area contributed by atoms with Crippen LogP contribution < -0.4 is 21.9 Å². The Morgan fingerprint density at radius 2 is 2.24 bits per heavy atom. The number of aromatic amines is 1. The highest BCUT2D eigenvalue weighted by Crippen LogP contribution is 2.08. The lowest BCUT2D eigenvalue weighted by molar-refractivity contribution is -0.122. The van der Waals surface area contributed by atoms with Crippen LogP contribution in [0.5, 0.6) is 0 Å². The highest BCUT2D eigenvalue weighted by Gasteiger charge is 2.22. The summed E-state index contributed by atoms with van der Waals surface area (Å²) in [5, 5.41) is 6.20. The first kappa shape index (κ1) is 17.9. The number of hydrogen-bond acceptors (Lipinski definition) is 4. The fourth-order valence-electron chi connectivity index (χ4n) is 2.25. The molecule has 1 aliphatic rings. The van der Waals surface area contributed by atoms with E-state index in [0.717, 1.165) is 19.4 Å². The average molecular weight is 382 g/mol. The number of aromatic nitrogens is 2. The van der Waals surface area contributed by atoms with Gasteiger partial charge in [0.15, 0.2) is 0 Å². The highest BCUT2D eigenvalue weighted by molar-refractivity contribution is 9.10. The largest absolute Gasteiger partial charge is 0.350 e. The zero-order valence-corrected chi connectivity index (χ0v) is 13.9. The number of carbonyl (C=O) groups is 1. The van der Waals surface area contributed by atoms with Crippen LogP contribution in [0.1, 0.15) is 19.8 Å². The molecule has 0 saturated carbocycles. The monoisotopic (exact) mass is 380 g/mol. The van der Waals surface area contributed by atoms with Gasteiger partial charge in [-0.2, -0.15) is 0 Å². The van der Waals surface area contributed by atoms with Crippen LogP contribution in [-0.2, 0) is 11.3 Å². The Hall–Kier alpha value is -1.12. The maximum atomic E-state index is 12.0. The molecule has 3 N–H and O–H groups in total. The van der Waals surface area contributed by atoms with Gasteiger partial charge in [-0.1, -0.05) is 0 Å². The molecule has 21 heavy (non-hydrogen) atoms. The van der Waals surface area contributed by atoms with Crippen LogP contribution in [0.2, 0.25) is 0 Å². The van der Waals surface area contributed by atoms with Crippen molar-refractivity contribution < 1.29 is 4.79 Å². The predicted octanol–water partition coefficient (Wildman–Crippen LogP) is -0.0224. The van der Waals surface area contributed by atoms with Gasteiger partial charge in [0, 0.05) is 18.3 Å². The van der Waals surface area contributed by atoms with Gasteiger partial charge in [0.1, 0.15) is 6.54 Å². The number of halogens is 2. The minimum absolute atomic E-state index is 0. The van der Waals surface area contributed by atoms with Crippen LogP contribution in [-0.4, -0.2) is 34.1 Å². The maximum Gasteiger partial charge on any atom is 0.328 e. The second-order valence-corrected chi connectivity index (χ2v) is 5.78. The summed E-state index contributed by atoms with van der Waals surface area (Å²) in [6.45, 7) is 2.87. The van der Waals surface area contributed by atoms with Gasteiger partial charge in [-0.3, -0.25) is 19.1 Å². The van der Waals surface area contributed by atoms with Gasteiger partial charge >= 0.3 is 5.69 Å². The van der Waals surface area contributed by atoms with Crippen molar-refractivity contribution in [2.24, 2.45) is 0 Å². The summed E-state index contributed by atoms with van der Waals surface area (Å²) in [6, 6.07) is 0.282. The first-order chi connectivity index (χ1) is 9.47. The van der Waals surface area contributed by atoms with Crippen LogP contribution in [0.4, 0.5) is 0 Å². The number of piperidine rings is 1. The van der Waals surface area contributed by atoms with Crippen molar-refractivity contribution in [3.8, 4) is 0 Å². The Balaban J connectivity index is 0.00000220. The molecule has 7 nitrogen and oxygen atoms in total. The van der Waals surface area contributed by atoms with Gasteiger partial charge in [0.05, 0.1) is 4.47 Å². The van der Waals surface area contributed by atoms with Crippen molar-refractivity contribution in [3.05, 3.63) is 31.5 Å². The Bertz CT molecular complexity index is 615. The topological polar surface area (TPSA) is 96.0 Å². The van der Waals surface area contributed by atoms with Gasteiger partial charge in [0.25, 0.3) is 5.56 Å². The van der Waals surface area contributed by atoms with E-state index in [1.165, 1.54) is 10.8 Å². The lowest BCUT2D eigenvalue weighted by Crippen LogP contribution is -2.52. The normalized spacial score (nSPS) is 21.4. The minimum Gasteiger partial charge on any atom is -0.350 e. The Morgan fingerprint density at radius 1 is 1.52 bits per heavy atom. The number of nitrogens with one attached hydrogen (secondary N) is 3. The van der Waals surface area contributed by atoms with E-state index in [-0.39, 0.29) is 41.4 Å². The summed E-state index contributed by atoms with van der Waals surface area (Å²) in [4.78, 5) is 36.9. The van der Waals surface area contributed by atoms with Crippen LogP contribution in [0.25, 0.3) is 0 Å². The van der Waals surface area contributed by atoms with E-state index >= 15 is 0 Å². The van der Waals surface area contributed by atoms with Crippen molar-refractivity contribution in [2.75, 3.05) is 6.54 Å². The van der Waals surface area contributed by atoms with Crippen molar-refractivity contribution in [1.29, 1.82) is 0 Å². The van der Waals surface area contributed by atoms with Crippen LogP contribution >= 0.6 is 28.3 Å². The third-order valence-corrected chi connectivity index (χ3v) is 3.95. The second-order valence-electron chi connectivity index (χ2n) is 4.92. The van der Waals surface area contributed by atoms with Gasteiger partial charge in [-0.05, 0) is 42.2 Å². The van der Waals surface area contributed by atoms with E-state index in [9.17, 15) is 14.4 Å². The van der Waals surface area contributed by atoms with E-state index in [2.05, 4.69) is 31.5 Å². The van der Waals surface area contributed by atoms with E-state index in [4.69, 9.17) is 0 Å². The molecule has 0 bridgehead atoms. The minimum atomic E-state index is -0.594. The lowest BCUT2D eigenvalue weighted by atomic mass is 10.00. The molecule has 2 rings (SSSR count). The number of H-pyrrole nitrogens is 1. The lowest BCUT2D eigenvalue weighted by Gasteiger charge is -2.30. The fraction of sp³-hybridized carbons (Fsp3) is 0.583. The molecule has 1 saturated heterocycles. The molecule has 9 heteroatoms. The molecular formula is C12H18BrClN4O3. The molecule has 2 atom stereocenters. The van der Waals surface area contributed by atoms with Gasteiger partial charge in [-0.25, -0.2) is 4.79 Å². The highest BCUT2D eigenvalue weighted by atomic mass is 79.9. The number of amides is 1. The summed E-state index contributed by atoms with van der Waals surface area (Å²) >= 11 is 3.03. The van der Waals surface area contributed by atoms with Crippen molar-refractivity contribution >= 4 is 34.2 Å². The van der Waals surface area contributed by atoms with Crippen LogP contribution in [0.15, 0.2) is 20.3 Å². The SMILES string of the molecule is CC1NCCCC1NC(=O)Cn1cc(Br)c(=O)[nH]c1=O.Cl. The third kappa shape index (κ3) is 4.69. The average Bonchev–Trinajstić information content (AvgIpc) is 2.39. The van der Waals surface area contributed by atoms with Gasteiger partial charge in [0.2, 0.25) is 5.91 Å². The molecule has 1 aliphatic heterocycles. The molecule has 1 aromatic rings. The smallest absolute Gasteiger partial charge is 0.328 e. The molecule has 0 spiro atoms. The zero-order chi connectivity index (χ0) is 14.7. The van der Waals surface area contributed by atoms with Crippen molar-refractivity contribution in [1.82, 2.24) is 20.2 Å². The van der Waals surface area contributed by atoms with E-state index in [1.54, 1.807) is 0 Å². The summed E-state index contributed by atoms with van der Waals surface area (Å²) in [6.07, 6.45) is 3.26. The summed E-state index contributed by atoms with van der Waals surface area (Å²) in [7, 11) is 0. The molecular weight excluding hydrogens is 364 g/mol. The molecule has 0 aromatic carbocycles. The quantitative estimate of drug-likeness (QED) is 0.685. The number of nitrogens with zero attached hydrogens (tertiary/aromatic N) is 1. The fourth-order valence-corrected chi connectivity index (χ4v) is 2.59. The second kappa shape index (κ2) is 7.77. The van der Waals surface area contributed by atoms with Crippen LogP contribution in [0, 0.1) is 0 Å². The summed E-state index contributed by atoms with van der Waals surface area (Å²) < 4.78 is 1.39. The molecule has 118 valence electrons. The molecule has 2 unspecified atom stereocenters. The number of carbonyl (C=O) groups excluding carboxylic acids is 1. The molecule has 0 radical (unpaired) electrons. The molecule has 0 aliphatic carbocycles. The predicted molar refractivity (Wildman–Crippen MR) is 84.9 cm³/mol. The van der Waals surface area contributed by atoms with E-state index in [0.29, 0.717) is 0 Å². The molecule has 2 heterocycles. The summed E-state index contributed by atoms with van der Waals surface area (Å²) in [5.41, 5.74) is -1.10.